The Morgan fingerprint density at radius 1 is 1.29 bits per heavy atom. The van der Waals surface area contributed by atoms with E-state index in [0.717, 1.165) is 15.7 Å². The quantitative estimate of drug-likeness (QED) is 0.735. The first-order valence-corrected chi connectivity index (χ1v) is 7.01. The van der Waals surface area contributed by atoms with Gasteiger partial charge in [-0.25, -0.2) is 0 Å². The van der Waals surface area contributed by atoms with Crippen molar-refractivity contribution in [2.45, 2.75) is 6.54 Å². The summed E-state index contributed by atoms with van der Waals surface area (Å²) in [5.41, 5.74) is 9.36. The van der Waals surface area contributed by atoms with E-state index in [-0.39, 0.29) is 0 Å². The minimum atomic E-state index is 0.545. The molecule has 1 aromatic carbocycles. The third kappa shape index (κ3) is 1.82. The standard InChI is InChI=1S/C13H11BrN2S/c14-8-3-4-11-9(6-8)10(7-15)13(16-11)12-2-1-5-17-12/h1-6,16H,7,15H2. The maximum Gasteiger partial charge on any atom is 0.0611 e. The summed E-state index contributed by atoms with van der Waals surface area (Å²) in [4.78, 5) is 4.69. The van der Waals surface area contributed by atoms with Crippen LogP contribution in [-0.4, -0.2) is 4.98 Å². The highest BCUT2D eigenvalue weighted by Gasteiger charge is 2.12. The normalized spacial score (nSPS) is 11.2. The number of hydrogen-bond donors (Lipinski definition) is 2. The molecule has 0 saturated carbocycles. The number of nitrogens with two attached hydrogens (primary N) is 1. The van der Waals surface area contributed by atoms with Gasteiger partial charge in [0.15, 0.2) is 0 Å². The van der Waals surface area contributed by atoms with Crippen molar-refractivity contribution in [2.75, 3.05) is 0 Å². The average Bonchev–Trinajstić information content (AvgIpc) is 2.94. The van der Waals surface area contributed by atoms with Crippen LogP contribution in [0.15, 0.2) is 40.2 Å². The molecule has 0 aliphatic carbocycles. The lowest BCUT2D eigenvalue weighted by Gasteiger charge is -1.98. The van der Waals surface area contributed by atoms with Gasteiger partial charge < -0.3 is 10.7 Å². The molecular formula is C13H11BrN2S. The third-order valence-electron chi connectivity index (χ3n) is 2.84. The molecular weight excluding hydrogens is 296 g/mol. The van der Waals surface area contributed by atoms with Crippen molar-refractivity contribution in [3.8, 4) is 10.6 Å². The van der Waals surface area contributed by atoms with Crippen molar-refractivity contribution < 1.29 is 0 Å². The maximum atomic E-state index is 5.89. The van der Waals surface area contributed by atoms with E-state index in [0.29, 0.717) is 6.54 Å². The molecule has 4 heteroatoms. The van der Waals surface area contributed by atoms with Crippen LogP contribution < -0.4 is 5.73 Å². The van der Waals surface area contributed by atoms with Gasteiger partial charge in [0, 0.05) is 21.9 Å². The summed E-state index contributed by atoms with van der Waals surface area (Å²) in [6, 6.07) is 10.4. The lowest BCUT2D eigenvalue weighted by atomic mass is 10.1. The van der Waals surface area contributed by atoms with Gasteiger partial charge in [0.25, 0.3) is 0 Å². The number of fused-ring (bicyclic) bond motifs is 1. The Balaban J connectivity index is 2.32. The van der Waals surface area contributed by atoms with E-state index in [4.69, 9.17) is 5.73 Å². The molecule has 3 N–H and O–H groups in total. The van der Waals surface area contributed by atoms with Crippen LogP contribution in [0.25, 0.3) is 21.5 Å². The lowest BCUT2D eigenvalue weighted by molar-refractivity contribution is 1.09. The molecule has 2 heterocycles. The summed E-state index contributed by atoms with van der Waals surface area (Å²) in [5, 5.41) is 3.28. The van der Waals surface area contributed by atoms with Gasteiger partial charge in [-0.05, 0) is 35.2 Å². The van der Waals surface area contributed by atoms with E-state index in [1.165, 1.54) is 15.8 Å². The van der Waals surface area contributed by atoms with Crippen LogP contribution in [0.5, 0.6) is 0 Å². The molecule has 2 nitrogen and oxygen atoms in total. The number of aromatic nitrogens is 1. The molecule has 86 valence electrons. The highest BCUT2D eigenvalue weighted by molar-refractivity contribution is 9.10. The SMILES string of the molecule is NCc1c(-c2cccs2)[nH]c2ccc(Br)cc12. The predicted molar refractivity (Wildman–Crippen MR) is 77.2 cm³/mol. The zero-order valence-corrected chi connectivity index (χ0v) is 11.4. The van der Waals surface area contributed by atoms with Crippen LogP contribution >= 0.6 is 27.3 Å². The summed E-state index contributed by atoms with van der Waals surface area (Å²) < 4.78 is 1.08. The Kier molecular flexibility index (Phi) is 2.78. The van der Waals surface area contributed by atoms with Crippen LogP contribution in [0.1, 0.15) is 5.56 Å². The van der Waals surface area contributed by atoms with Crippen LogP contribution in [0.3, 0.4) is 0 Å². The second-order valence-corrected chi connectivity index (χ2v) is 5.71. The number of aromatic amines is 1. The zero-order chi connectivity index (χ0) is 11.8. The molecule has 0 atom stereocenters. The fourth-order valence-corrected chi connectivity index (χ4v) is 3.18. The number of hydrogen-bond acceptors (Lipinski definition) is 2. The van der Waals surface area contributed by atoms with Crippen molar-refractivity contribution in [3.05, 3.63) is 45.7 Å². The first-order valence-electron chi connectivity index (χ1n) is 5.33. The predicted octanol–water partition coefficient (Wildman–Crippen LogP) is 4.12. The minimum absolute atomic E-state index is 0.545. The van der Waals surface area contributed by atoms with Crippen LogP contribution in [0, 0.1) is 0 Å². The molecule has 0 unspecified atom stereocenters. The number of nitrogens with one attached hydrogen (secondary N) is 1. The highest BCUT2D eigenvalue weighted by Crippen LogP contribution is 2.33. The van der Waals surface area contributed by atoms with Crippen LogP contribution in [0.2, 0.25) is 0 Å². The maximum absolute atomic E-state index is 5.89. The number of H-pyrrole nitrogens is 1. The zero-order valence-electron chi connectivity index (χ0n) is 9.03. The highest BCUT2D eigenvalue weighted by atomic mass is 79.9. The smallest absolute Gasteiger partial charge is 0.0611 e. The summed E-state index contributed by atoms with van der Waals surface area (Å²) >= 11 is 5.23. The van der Waals surface area contributed by atoms with E-state index < -0.39 is 0 Å². The molecule has 3 rings (SSSR count). The number of thiophene rings is 1. The second kappa shape index (κ2) is 4.29. The number of halogens is 1. The van der Waals surface area contributed by atoms with Gasteiger partial charge in [0.2, 0.25) is 0 Å². The molecule has 0 spiro atoms. The van der Waals surface area contributed by atoms with Gasteiger partial charge in [0.05, 0.1) is 10.6 Å². The largest absolute Gasteiger partial charge is 0.354 e. The molecule has 0 fully saturated rings. The molecule has 17 heavy (non-hydrogen) atoms. The van der Waals surface area contributed by atoms with Crippen LogP contribution in [0.4, 0.5) is 0 Å². The third-order valence-corrected chi connectivity index (χ3v) is 4.22. The first-order chi connectivity index (χ1) is 8.29. The fraction of sp³-hybridized carbons (Fsp3) is 0.0769. The molecule has 0 bridgehead atoms. The summed E-state index contributed by atoms with van der Waals surface area (Å²) in [5.74, 6) is 0. The Bertz CT molecular complexity index is 655. The van der Waals surface area contributed by atoms with Crippen molar-refractivity contribution in [1.82, 2.24) is 4.98 Å². The van der Waals surface area contributed by atoms with E-state index in [1.54, 1.807) is 11.3 Å². The Hall–Kier alpha value is -1.10. The molecule has 0 aliphatic heterocycles. The summed E-state index contributed by atoms with van der Waals surface area (Å²) in [6.07, 6.45) is 0. The minimum Gasteiger partial charge on any atom is -0.354 e. The van der Waals surface area contributed by atoms with Crippen LogP contribution in [-0.2, 0) is 6.54 Å². The van der Waals surface area contributed by atoms with E-state index in [1.807, 2.05) is 6.07 Å². The van der Waals surface area contributed by atoms with E-state index in [2.05, 4.69) is 50.6 Å². The lowest BCUT2D eigenvalue weighted by Crippen LogP contribution is -1.96. The summed E-state index contributed by atoms with van der Waals surface area (Å²) in [7, 11) is 0. The Morgan fingerprint density at radius 3 is 2.88 bits per heavy atom. The topological polar surface area (TPSA) is 41.8 Å². The van der Waals surface area contributed by atoms with E-state index in [9.17, 15) is 0 Å². The van der Waals surface area contributed by atoms with E-state index >= 15 is 0 Å². The van der Waals surface area contributed by atoms with Gasteiger partial charge in [0.1, 0.15) is 0 Å². The van der Waals surface area contributed by atoms with Crippen molar-refractivity contribution in [3.63, 3.8) is 0 Å². The molecule has 0 aliphatic rings. The molecule has 2 aromatic heterocycles. The molecule has 0 saturated heterocycles. The van der Waals surface area contributed by atoms with Gasteiger partial charge in [-0.1, -0.05) is 22.0 Å². The number of rotatable bonds is 2. The van der Waals surface area contributed by atoms with Crippen molar-refractivity contribution in [2.24, 2.45) is 5.73 Å². The summed E-state index contributed by atoms with van der Waals surface area (Å²) in [6.45, 7) is 0.545. The first kappa shape index (κ1) is 11.0. The Labute approximate surface area is 112 Å². The molecule has 0 radical (unpaired) electrons. The van der Waals surface area contributed by atoms with Crippen molar-refractivity contribution in [1.29, 1.82) is 0 Å². The van der Waals surface area contributed by atoms with Crippen molar-refractivity contribution >= 4 is 38.2 Å². The Morgan fingerprint density at radius 2 is 2.18 bits per heavy atom. The fourth-order valence-electron chi connectivity index (χ4n) is 2.06. The second-order valence-electron chi connectivity index (χ2n) is 3.85. The van der Waals surface area contributed by atoms with Gasteiger partial charge in [-0.15, -0.1) is 11.3 Å². The monoisotopic (exact) mass is 306 g/mol. The van der Waals surface area contributed by atoms with Gasteiger partial charge in [-0.2, -0.15) is 0 Å². The van der Waals surface area contributed by atoms with Gasteiger partial charge >= 0.3 is 0 Å². The molecule has 0 amide bonds. The van der Waals surface area contributed by atoms with Gasteiger partial charge in [-0.3, -0.25) is 0 Å². The average molecular weight is 307 g/mol. The number of benzene rings is 1. The molecule has 3 aromatic rings.